The highest BCUT2D eigenvalue weighted by molar-refractivity contribution is 5.94. The Kier molecular flexibility index (Phi) is 3.99. The maximum Gasteiger partial charge on any atom is 0.251 e. The number of carbonyl (C=O) groups excluding carboxylic acids is 1. The number of hydrogen-bond acceptors (Lipinski definition) is 2. The molecule has 2 rings (SSSR count). The Bertz CT molecular complexity index is 488. The molecule has 1 amide bonds. The Morgan fingerprint density at radius 2 is 2.22 bits per heavy atom. The van der Waals surface area contributed by atoms with Crippen LogP contribution in [0.1, 0.15) is 47.7 Å². The number of fused-ring (bicyclic) bond motifs is 1. The fraction of sp³-hybridized carbons (Fsp3) is 0.467. The van der Waals surface area contributed by atoms with E-state index in [0.29, 0.717) is 12.0 Å². The van der Waals surface area contributed by atoms with E-state index in [4.69, 9.17) is 5.26 Å². The van der Waals surface area contributed by atoms with Gasteiger partial charge in [0.2, 0.25) is 0 Å². The van der Waals surface area contributed by atoms with Crippen molar-refractivity contribution in [2.24, 2.45) is 0 Å². The molecular formula is C15H18N2O. The largest absolute Gasteiger partial charge is 0.348 e. The lowest BCUT2D eigenvalue weighted by atomic mass is 10.1. The monoisotopic (exact) mass is 242 g/mol. The van der Waals surface area contributed by atoms with Crippen LogP contribution in [0.3, 0.4) is 0 Å². The SMILES string of the molecule is CCC(CC#N)NC(=O)c1ccc2c(c1)CCC2. The van der Waals surface area contributed by atoms with Gasteiger partial charge in [-0.2, -0.15) is 5.26 Å². The number of nitriles is 1. The third-order valence-corrected chi connectivity index (χ3v) is 3.53. The molecular weight excluding hydrogens is 224 g/mol. The van der Waals surface area contributed by atoms with E-state index in [9.17, 15) is 4.79 Å². The summed E-state index contributed by atoms with van der Waals surface area (Å²) < 4.78 is 0. The predicted octanol–water partition coefficient (Wildman–Crippen LogP) is 2.60. The second kappa shape index (κ2) is 5.68. The van der Waals surface area contributed by atoms with Crippen molar-refractivity contribution in [2.45, 2.75) is 45.1 Å². The van der Waals surface area contributed by atoms with Crippen LogP contribution in [0.25, 0.3) is 0 Å². The van der Waals surface area contributed by atoms with Gasteiger partial charge in [-0.25, -0.2) is 0 Å². The topological polar surface area (TPSA) is 52.9 Å². The summed E-state index contributed by atoms with van der Waals surface area (Å²) in [6, 6.07) is 8.00. The average molecular weight is 242 g/mol. The van der Waals surface area contributed by atoms with E-state index >= 15 is 0 Å². The summed E-state index contributed by atoms with van der Waals surface area (Å²) in [6.45, 7) is 1.98. The van der Waals surface area contributed by atoms with Crippen LogP contribution in [-0.4, -0.2) is 11.9 Å². The van der Waals surface area contributed by atoms with Crippen LogP contribution in [0.2, 0.25) is 0 Å². The van der Waals surface area contributed by atoms with Gasteiger partial charge < -0.3 is 5.32 Å². The minimum atomic E-state index is -0.0631. The third kappa shape index (κ3) is 2.70. The first kappa shape index (κ1) is 12.6. The third-order valence-electron chi connectivity index (χ3n) is 3.53. The maximum atomic E-state index is 12.1. The molecule has 0 saturated heterocycles. The lowest BCUT2D eigenvalue weighted by Gasteiger charge is -2.14. The lowest BCUT2D eigenvalue weighted by Crippen LogP contribution is -2.34. The van der Waals surface area contributed by atoms with Crippen LogP contribution in [-0.2, 0) is 12.8 Å². The standard InChI is InChI=1S/C15H18N2O/c1-2-14(8-9-16)17-15(18)13-7-6-11-4-3-5-12(11)10-13/h6-7,10,14H,2-5,8H2,1H3,(H,17,18). The van der Waals surface area contributed by atoms with E-state index < -0.39 is 0 Å². The van der Waals surface area contributed by atoms with Gasteiger partial charge in [0.25, 0.3) is 5.91 Å². The highest BCUT2D eigenvalue weighted by Gasteiger charge is 2.15. The van der Waals surface area contributed by atoms with E-state index in [1.807, 2.05) is 19.1 Å². The van der Waals surface area contributed by atoms with Gasteiger partial charge >= 0.3 is 0 Å². The van der Waals surface area contributed by atoms with E-state index in [1.165, 1.54) is 17.5 Å². The Morgan fingerprint density at radius 1 is 1.44 bits per heavy atom. The maximum absolute atomic E-state index is 12.1. The number of hydrogen-bond donors (Lipinski definition) is 1. The molecule has 1 aromatic carbocycles. The van der Waals surface area contributed by atoms with Gasteiger partial charge in [-0.3, -0.25) is 4.79 Å². The first-order chi connectivity index (χ1) is 8.74. The smallest absolute Gasteiger partial charge is 0.251 e. The van der Waals surface area contributed by atoms with Crippen molar-refractivity contribution in [3.8, 4) is 6.07 Å². The van der Waals surface area contributed by atoms with E-state index in [-0.39, 0.29) is 11.9 Å². The molecule has 3 nitrogen and oxygen atoms in total. The molecule has 0 spiro atoms. The van der Waals surface area contributed by atoms with Gasteiger partial charge in [0.1, 0.15) is 0 Å². The summed E-state index contributed by atoms with van der Waals surface area (Å²) >= 11 is 0. The number of benzene rings is 1. The van der Waals surface area contributed by atoms with Crippen molar-refractivity contribution in [2.75, 3.05) is 0 Å². The van der Waals surface area contributed by atoms with Gasteiger partial charge in [-0.1, -0.05) is 13.0 Å². The predicted molar refractivity (Wildman–Crippen MR) is 70.2 cm³/mol. The van der Waals surface area contributed by atoms with Gasteiger partial charge in [0.15, 0.2) is 0 Å². The molecule has 0 aliphatic heterocycles. The van der Waals surface area contributed by atoms with Gasteiger partial charge in [-0.05, 0) is 48.9 Å². The molecule has 0 bridgehead atoms. The second-order valence-electron chi connectivity index (χ2n) is 4.78. The molecule has 1 aromatic rings. The summed E-state index contributed by atoms with van der Waals surface area (Å²) in [6.07, 6.45) is 4.54. The first-order valence-electron chi connectivity index (χ1n) is 6.54. The molecule has 1 N–H and O–H groups in total. The highest BCUT2D eigenvalue weighted by Crippen LogP contribution is 2.22. The van der Waals surface area contributed by atoms with E-state index in [0.717, 1.165) is 19.3 Å². The van der Waals surface area contributed by atoms with Crippen LogP contribution >= 0.6 is 0 Å². The summed E-state index contributed by atoms with van der Waals surface area (Å²) in [4.78, 5) is 12.1. The minimum Gasteiger partial charge on any atom is -0.348 e. The molecule has 0 radical (unpaired) electrons. The molecule has 0 aromatic heterocycles. The average Bonchev–Trinajstić information content (AvgIpc) is 2.85. The fourth-order valence-electron chi connectivity index (χ4n) is 2.39. The summed E-state index contributed by atoms with van der Waals surface area (Å²) in [7, 11) is 0. The summed E-state index contributed by atoms with van der Waals surface area (Å²) in [5.41, 5.74) is 3.39. The van der Waals surface area contributed by atoms with E-state index in [1.54, 1.807) is 0 Å². The van der Waals surface area contributed by atoms with Crippen molar-refractivity contribution >= 4 is 5.91 Å². The molecule has 0 fully saturated rings. The molecule has 94 valence electrons. The Hall–Kier alpha value is -1.82. The summed E-state index contributed by atoms with van der Waals surface area (Å²) in [5.74, 6) is -0.0631. The molecule has 3 heteroatoms. The molecule has 1 aliphatic carbocycles. The van der Waals surface area contributed by atoms with E-state index in [2.05, 4.69) is 17.5 Å². The summed E-state index contributed by atoms with van der Waals surface area (Å²) in [5, 5.41) is 11.6. The molecule has 0 saturated carbocycles. The second-order valence-corrected chi connectivity index (χ2v) is 4.78. The van der Waals surface area contributed by atoms with Gasteiger partial charge in [0, 0.05) is 11.6 Å². The van der Waals surface area contributed by atoms with Crippen molar-refractivity contribution in [3.63, 3.8) is 0 Å². The number of nitrogens with zero attached hydrogens (tertiary/aromatic N) is 1. The van der Waals surface area contributed by atoms with Crippen LogP contribution in [0.15, 0.2) is 18.2 Å². The van der Waals surface area contributed by atoms with Crippen molar-refractivity contribution in [3.05, 3.63) is 34.9 Å². The fourth-order valence-corrected chi connectivity index (χ4v) is 2.39. The normalized spacial score (nSPS) is 14.7. The van der Waals surface area contributed by atoms with Crippen LogP contribution in [0.5, 0.6) is 0 Å². The zero-order chi connectivity index (χ0) is 13.0. The Balaban J connectivity index is 2.07. The quantitative estimate of drug-likeness (QED) is 0.882. The van der Waals surface area contributed by atoms with Crippen molar-refractivity contribution in [1.82, 2.24) is 5.32 Å². The minimum absolute atomic E-state index is 0.0456. The molecule has 1 atom stereocenters. The van der Waals surface area contributed by atoms with Crippen molar-refractivity contribution < 1.29 is 4.79 Å². The van der Waals surface area contributed by atoms with Gasteiger partial charge in [-0.15, -0.1) is 0 Å². The first-order valence-corrected chi connectivity index (χ1v) is 6.54. The number of rotatable bonds is 4. The molecule has 18 heavy (non-hydrogen) atoms. The van der Waals surface area contributed by atoms with Crippen LogP contribution in [0, 0.1) is 11.3 Å². The lowest BCUT2D eigenvalue weighted by molar-refractivity contribution is 0.0936. The Labute approximate surface area is 108 Å². The number of aryl methyl sites for hydroxylation is 2. The highest BCUT2D eigenvalue weighted by atomic mass is 16.1. The molecule has 1 unspecified atom stereocenters. The zero-order valence-corrected chi connectivity index (χ0v) is 10.7. The van der Waals surface area contributed by atoms with Crippen LogP contribution < -0.4 is 5.32 Å². The molecule has 0 heterocycles. The number of carbonyl (C=O) groups is 1. The zero-order valence-electron chi connectivity index (χ0n) is 10.7. The van der Waals surface area contributed by atoms with Crippen LogP contribution in [0.4, 0.5) is 0 Å². The number of amides is 1. The Morgan fingerprint density at radius 3 is 2.94 bits per heavy atom. The number of nitrogens with one attached hydrogen (secondary N) is 1. The van der Waals surface area contributed by atoms with Crippen molar-refractivity contribution in [1.29, 1.82) is 5.26 Å². The van der Waals surface area contributed by atoms with Gasteiger partial charge in [0.05, 0.1) is 12.5 Å². The molecule has 1 aliphatic rings.